The second-order valence-electron chi connectivity index (χ2n) is 9.83. The van der Waals surface area contributed by atoms with Gasteiger partial charge in [-0.05, 0) is 70.2 Å². The second kappa shape index (κ2) is 12.9. The lowest BCUT2D eigenvalue weighted by Crippen LogP contribution is -2.50. The molecule has 0 spiro atoms. The van der Waals surface area contributed by atoms with Crippen molar-refractivity contribution in [3.05, 3.63) is 64.7 Å². The molecule has 0 aliphatic carbocycles. The number of benzene rings is 2. The van der Waals surface area contributed by atoms with Crippen LogP contribution in [0.2, 0.25) is 0 Å². The molecule has 2 rings (SSSR count). The quantitative estimate of drug-likeness (QED) is 0.451. The molecule has 0 heterocycles. The molecule has 0 aromatic heterocycles. The Labute approximate surface area is 216 Å². The van der Waals surface area contributed by atoms with Gasteiger partial charge in [-0.1, -0.05) is 48.9 Å². The molecule has 0 saturated heterocycles. The Morgan fingerprint density at radius 1 is 1.00 bits per heavy atom. The summed E-state index contributed by atoms with van der Waals surface area (Å²) in [6.45, 7) is 12.0. The van der Waals surface area contributed by atoms with Gasteiger partial charge in [0.2, 0.25) is 21.8 Å². The molecular weight excluding hydrogens is 474 g/mol. The van der Waals surface area contributed by atoms with Crippen LogP contribution in [0.25, 0.3) is 0 Å². The lowest BCUT2D eigenvalue weighted by atomic mass is 10.1. The smallest absolute Gasteiger partial charge is 0.243 e. The first kappa shape index (κ1) is 29.4. The van der Waals surface area contributed by atoms with Gasteiger partial charge in [0.1, 0.15) is 6.04 Å². The number of sulfonamides is 1. The SMILES string of the molecule is CC[C@H](C(=O)NC(C)C)N(Cc1cccc(C)c1)C(=O)CCCN(c1cc(C)ccc1C)S(C)(=O)=O. The zero-order valence-electron chi connectivity index (χ0n) is 22.7. The Kier molecular flexibility index (Phi) is 10.5. The van der Waals surface area contributed by atoms with Crippen molar-refractivity contribution in [2.24, 2.45) is 0 Å². The number of rotatable bonds is 12. The summed E-state index contributed by atoms with van der Waals surface area (Å²) in [7, 11) is -3.53. The van der Waals surface area contributed by atoms with E-state index in [-0.39, 0.29) is 30.8 Å². The largest absolute Gasteiger partial charge is 0.352 e. The number of hydrogen-bond acceptors (Lipinski definition) is 4. The van der Waals surface area contributed by atoms with Crippen molar-refractivity contribution in [1.82, 2.24) is 10.2 Å². The molecule has 8 heteroatoms. The van der Waals surface area contributed by atoms with Crippen LogP contribution < -0.4 is 9.62 Å². The summed E-state index contributed by atoms with van der Waals surface area (Å²) in [5, 5.41) is 2.93. The van der Waals surface area contributed by atoms with Crippen LogP contribution in [0.3, 0.4) is 0 Å². The van der Waals surface area contributed by atoms with E-state index in [2.05, 4.69) is 5.32 Å². The highest BCUT2D eigenvalue weighted by Crippen LogP contribution is 2.25. The number of hydrogen-bond donors (Lipinski definition) is 1. The molecule has 0 unspecified atom stereocenters. The van der Waals surface area contributed by atoms with E-state index in [0.717, 1.165) is 22.3 Å². The molecule has 0 bridgehead atoms. The number of carbonyl (C=O) groups is 2. The average molecular weight is 516 g/mol. The fourth-order valence-electron chi connectivity index (χ4n) is 4.28. The molecular formula is C28H41N3O4S. The molecule has 0 radical (unpaired) electrons. The third-order valence-corrected chi connectivity index (χ3v) is 7.22. The topological polar surface area (TPSA) is 86.8 Å². The van der Waals surface area contributed by atoms with Crippen molar-refractivity contribution in [1.29, 1.82) is 0 Å². The summed E-state index contributed by atoms with van der Waals surface area (Å²) in [4.78, 5) is 28.1. The highest BCUT2D eigenvalue weighted by molar-refractivity contribution is 7.92. The normalized spacial score (nSPS) is 12.3. The number of nitrogens with zero attached hydrogens (tertiary/aromatic N) is 2. The standard InChI is InChI=1S/C28H41N3O4S/c1-8-25(28(33)29-20(2)3)30(19-24-12-9-11-21(4)17-24)27(32)13-10-16-31(36(7,34)35)26-18-22(5)14-15-23(26)6/h9,11-12,14-15,17-18,20,25H,8,10,13,16,19H2,1-7H3,(H,29,33)/t25-/m1/s1. The minimum Gasteiger partial charge on any atom is -0.352 e. The minimum atomic E-state index is -3.53. The fraction of sp³-hybridized carbons (Fsp3) is 0.500. The predicted octanol–water partition coefficient (Wildman–Crippen LogP) is 4.49. The van der Waals surface area contributed by atoms with Gasteiger partial charge in [-0.3, -0.25) is 13.9 Å². The number of aryl methyl sites for hydroxylation is 3. The summed E-state index contributed by atoms with van der Waals surface area (Å²) in [5.74, 6) is -0.349. The summed E-state index contributed by atoms with van der Waals surface area (Å²) in [5.41, 5.74) is 4.48. The van der Waals surface area contributed by atoms with E-state index >= 15 is 0 Å². The second-order valence-corrected chi connectivity index (χ2v) is 11.7. The number of anilines is 1. The molecule has 0 aliphatic rings. The highest BCUT2D eigenvalue weighted by atomic mass is 32.2. The van der Waals surface area contributed by atoms with Gasteiger partial charge in [0.05, 0.1) is 11.9 Å². The molecule has 0 aliphatic heterocycles. The van der Waals surface area contributed by atoms with E-state index in [1.54, 1.807) is 4.90 Å². The van der Waals surface area contributed by atoms with Crippen LogP contribution in [0.5, 0.6) is 0 Å². The number of amides is 2. The average Bonchev–Trinajstić information content (AvgIpc) is 2.77. The first-order valence-corrected chi connectivity index (χ1v) is 14.4. The van der Waals surface area contributed by atoms with Gasteiger partial charge < -0.3 is 10.2 Å². The predicted molar refractivity (Wildman–Crippen MR) is 146 cm³/mol. The van der Waals surface area contributed by atoms with E-state index < -0.39 is 16.1 Å². The van der Waals surface area contributed by atoms with E-state index in [0.29, 0.717) is 25.1 Å². The van der Waals surface area contributed by atoms with Crippen LogP contribution in [-0.2, 0) is 26.2 Å². The molecule has 1 N–H and O–H groups in total. The lowest BCUT2D eigenvalue weighted by molar-refractivity contribution is -0.141. The third kappa shape index (κ3) is 8.36. The number of nitrogens with one attached hydrogen (secondary N) is 1. The van der Waals surface area contributed by atoms with Crippen LogP contribution in [0.4, 0.5) is 5.69 Å². The maximum absolute atomic E-state index is 13.5. The lowest BCUT2D eigenvalue weighted by Gasteiger charge is -2.32. The van der Waals surface area contributed by atoms with Gasteiger partial charge in [-0.15, -0.1) is 0 Å². The van der Waals surface area contributed by atoms with Gasteiger partial charge in [0.25, 0.3) is 0 Å². The molecule has 2 amide bonds. The van der Waals surface area contributed by atoms with Gasteiger partial charge in [0.15, 0.2) is 0 Å². The Morgan fingerprint density at radius 3 is 2.25 bits per heavy atom. The molecule has 36 heavy (non-hydrogen) atoms. The van der Waals surface area contributed by atoms with Crippen LogP contribution >= 0.6 is 0 Å². The van der Waals surface area contributed by atoms with Crippen LogP contribution in [0, 0.1) is 20.8 Å². The van der Waals surface area contributed by atoms with Gasteiger partial charge >= 0.3 is 0 Å². The van der Waals surface area contributed by atoms with E-state index in [9.17, 15) is 18.0 Å². The van der Waals surface area contributed by atoms with Gasteiger partial charge in [-0.25, -0.2) is 8.42 Å². The van der Waals surface area contributed by atoms with Crippen molar-refractivity contribution in [2.75, 3.05) is 17.1 Å². The molecule has 7 nitrogen and oxygen atoms in total. The van der Waals surface area contributed by atoms with Crippen molar-refractivity contribution in [2.45, 2.75) is 79.4 Å². The maximum atomic E-state index is 13.5. The van der Waals surface area contributed by atoms with Crippen molar-refractivity contribution >= 4 is 27.5 Å². The van der Waals surface area contributed by atoms with Crippen LogP contribution in [-0.4, -0.2) is 50.0 Å². The molecule has 2 aromatic carbocycles. The van der Waals surface area contributed by atoms with Crippen molar-refractivity contribution < 1.29 is 18.0 Å². The van der Waals surface area contributed by atoms with Crippen molar-refractivity contribution in [3.8, 4) is 0 Å². The Hall–Kier alpha value is -2.87. The molecule has 0 saturated carbocycles. The molecule has 1 atom stereocenters. The van der Waals surface area contributed by atoms with Gasteiger partial charge in [0, 0.05) is 25.6 Å². The highest BCUT2D eigenvalue weighted by Gasteiger charge is 2.29. The fourth-order valence-corrected chi connectivity index (χ4v) is 5.29. The zero-order valence-corrected chi connectivity index (χ0v) is 23.5. The Morgan fingerprint density at radius 2 is 1.67 bits per heavy atom. The monoisotopic (exact) mass is 515 g/mol. The molecule has 198 valence electrons. The third-order valence-electron chi connectivity index (χ3n) is 6.04. The molecule has 0 fully saturated rings. The summed E-state index contributed by atoms with van der Waals surface area (Å²) >= 11 is 0. The van der Waals surface area contributed by atoms with Crippen LogP contribution in [0.15, 0.2) is 42.5 Å². The van der Waals surface area contributed by atoms with E-state index in [4.69, 9.17) is 0 Å². The first-order valence-electron chi connectivity index (χ1n) is 12.5. The Bertz CT molecular complexity index is 1160. The van der Waals surface area contributed by atoms with Crippen LogP contribution in [0.1, 0.15) is 62.3 Å². The molecule has 2 aromatic rings. The Balaban J connectivity index is 2.25. The van der Waals surface area contributed by atoms with E-state index in [1.807, 2.05) is 84.0 Å². The van der Waals surface area contributed by atoms with Crippen molar-refractivity contribution in [3.63, 3.8) is 0 Å². The maximum Gasteiger partial charge on any atom is 0.243 e. The summed E-state index contributed by atoms with van der Waals surface area (Å²) in [6.07, 6.45) is 2.14. The van der Waals surface area contributed by atoms with Gasteiger partial charge in [-0.2, -0.15) is 0 Å². The first-order chi connectivity index (χ1) is 16.8. The summed E-state index contributed by atoms with van der Waals surface area (Å²) < 4.78 is 26.6. The number of carbonyl (C=O) groups excluding carboxylic acids is 2. The summed E-state index contributed by atoms with van der Waals surface area (Å²) in [6, 6.07) is 12.9. The minimum absolute atomic E-state index is 0.0386. The zero-order chi connectivity index (χ0) is 27.0. The van der Waals surface area contributed by atoms with E-state index in [1.165, 1.54) is 10.6 Å².